The van der Waals surface area contributed by atoms with Gasteiger partial charge < -0.3 is 15.1 Å². The van der Waals surface area contributed by atoms with Crippen molar-refractivity contribution >= 4 is 17.5 Å². The van der Waals surface area contributed by atoms with Crippen molar-refractivity contribution in [3.05, 3.63) is 29.8 Å². The number of amides is 2. The Morgan fingerprint density at radius 2 is 1.96 bits per heavy atom. The Kier molecular flexibility index (Phi) is 6.30. The van der Waals surface area contributed by atoms with Crippen LogP contribution in [0.2, 0.25) is 0 Å². The fourth-order valence-electron chi connectivity index (χ4n) is 4.23. The predicted molar refractivity (Wildman–Crippen MR) is 104 cm³/mol. The van der Waals surface area contributed by atoms with Gasteiger partial charge in [-0.15, -0.1) is 0 Å². The number of anilines is 1. The number of rotatable bonds is 6. The maximum atomic E-state index is 12.9. The summed E-state index contributed by atoms with van der Waals surface area (Å²) >= 11 is 0. The average molecular weight is 357 g/mol. The highest BCUT2D eigenvalue weighted by atomic mass is 16.2. The normalized spacial score (nSPS) is 21.5. The predicted octanol–water partition coefficient (Wildman–Crippen LogP) is 2.45. The molecule has 1 aromatic carbocycles. The zero-order valence-electron chi connectivity index (χ0n) is 16.0. The molecule has 1 unspecified atom stereocenters. The van der Waals surface area contributed by atoms with E-state index in [0.717, 1.165) is 44.6 Å². The number of para-hydroxylation sites is 1. The van der Waals surface area contributed by atoms with Gasteiger partial charge in [-0.1, -0.05) is 25.1 Å². The minimum atomic E-state index is -0.193. The third kappa shape index (κ3) is 4.09. The number of nitrogens with zero attached hydrogens (tertiary/aromatic N) is 2. The molecule has 0 saturated carbocycles. The summed E-state index contributed by atoms with van der Waals surface area (Å²) < 4.78 is 0. The fraction of sp³-hybridized carbons (Fsp3) is 0.619. The molecule has 0 bridgehead atoms. The van der Waals surface area contributed by atoms with Crippen LogP contribution in [-0.2, 0) is 16.0 Å². The van der Waals surface area contributed by atoms with Crippen LogP contribution < -0.4 is 10.2 Å². The van der Waals surface area contributed by atoms with Gasteiger partial charge in [0.15, 0.2) is 0 Å². The molecule has 0 spiro atoms. The van der Waals surface area contributed by atoms with Crippen LogP contribution in [0, 0.1) is 11.8 Å². The van der Waals surface area contributed by atoms with Gasteiger partial charge in [0.05, 0.1) is 5.92 Å². The van der Waals surface area contributed by atoms with Crippen molar-refractivity contribution in [2.24, 2.45) is 11.8 Å². The first kappa shape index (κ1) is 18.9. The molecule has 1 N–H and O–H groups in total. The summed E-state index contributed by atoms with van der Waals surface area (Å²) in [6.45, 7) is 5.34. The molecule has 0 radical (unpaired) electrons. The molecule has 5 nitrogen and oxygen atoms in total. The first-order valence-electron chi connectivity index (χ1n) is 9.95. The number of likely N-dealkylation sites (tertiary alicyclic amines) is 1. The summed E-state index contributed by atoms with van der Waals surface area (Å²) in [5.74, 6) is 0.765. The molecule has 1 aromatic rings. The van der Waals surface area contributed by atoms with E-state index in [-0.39, 0.29) is 17.7 Å². The lowest BCUT2D eigenvalue weighted by atomic mass is 9.92. The highest BCUT2D eigenvalue weighted by Crippen LogP contribution is 2.30. The molecule has 2 aliphatic heterocycles. The maximum absolute atomic E-state index is 12.9. The van der Waals surface area contributed by atoms with Crippen molar-refractivity contribution in [3.8, 4) is 0 Å². The summed E-state index contributed by atoms with van der Waals surface area (Å²) in [6.07, 6.45) is 4.57. The molecule has 2 amide bonds. The lowest BCUT2D eigenvalue weighted by Gasteiger charge is -2.33. The van der Waals surface area contributed by atoms with Crippen molar-refractivity contribution in [2.75, 3.05) is 38.1 Å². The second-order valence-corrected chi connectivity index (χ2v) is 7.55. The third-order valence-corrected chi connectivity index (χ3v) is 5.87. The molecule has 2 fully saturated rings. The Morgan fingerprint density at radius 3 is 2.65 bits per heavy atom. The molecule has 142 valence electrons. The molecule has 2 saturated heterocycles. The van der Waals surface area contributed by atoms with E-state index in [9.17, 15) is 9.59 Å². The van der Waals surface area contributed by atoms with Gasteiger partial charge in [-0.25, -0.2) is 0 Å². The van der Waals surface area contributed by atoms with Crippen molar-refractivity contribution in [1.82, 2.24) is 10.2 Å². The molecular formula is C21H31N3O2. The highest BCUT2D eigenvalue weighted by Gasteiger charge is 2.38. The first-order chi connectivity index (χ1) is 12.6. The Balaban J connectivity index is 1.59. The second kappa shape index (κ2) is 8.67. The molecular weight excluding hydrogens is 326 g/mol. The number of piperidine rings is 1. The van der Waals surface area contributed by atoms with E-state index in [1.165, 1.54) is 12.0 Å². The van der Waals surface area contributed by atoms with Gasteiger partial charge in [-0.05, 0) is 56.8 Å². The summed E-state index contributed by atoms with van der Waals surface area (Å²) in [5, 5.41) is 3.20. The van der Waals surface area contributed by atoms with E-state index in [4.69, 9.17) is 0 Å². The van der Waals surface area contributed by atoms with Crippen LogP contribution in [0.4, 0.5) is 5.69 Å². The van der Waals surface area contributed by atoms with Crippen LogP contribution in [0.15, 0.2) is 24.3 Å². The molecule has 5 heteroatoms. The van der Waals surface area contributed by atoms with Crippen molar-refractivity contribution < 1.29 is 9.59 Å². The van der Waals surface area contributed by atoms with Crippen LogP contribution in [0.5, 0.6) is 0 Å². The monoisotopic (exact) mass is 357 g/mol. The van der Waals surface area contributed by atoms with E-state index in [1.54, 1.807) is 0 Å². The summed E-state index contributed by atoms with van der Waals surface area (Å²) in [5.41, 5.74) is 2.14. The standard InChI is InChI=1S/C21H31N3O2/c1-3-17-6-4-5-7-19(17)24-15-18(14-20(24)25)21(26)23-12-9-16(10-13-23)8-11-22-2/h4-7,16,18,22H,3,8-15H2,1-2H3. The van der Waals surface area contributed by atoms with Gasteiger partial charge in [0.2, 0.25) is 11.8 Å². The van der Waals surface area contributed by atoms with Gasteiger partial charge in [-0.3, -0.25) is 9.59 Å². The molecule has 0 aliphatic carbocycles. The van der Waals surface area contributed by atoms with Gasteiger partial charge in [-0.2, -0.15) is 0 Å². The Bertz CT molecular complexity index is 638. The maximum Gasteiger partial charge on any atom is 0.228 e. The molecule has 26 heavy (non-hydrogen) atoms. The molecule has 0 aromatic heterocycles. The van der Waals surface area contributed by atoms with E-state index in [0.29, 0.717) is 18.9 Å². The van der Waals surface area contributed by atoms with Crippen LogP contribution in [0.1, 0.15) is 38.2 Å². The zero-order chi connectivity index (χ0) is 18.5. The largest absolute Gasteiger partial charge is 0.342 e. The Morgan fingerprint density at radius 1 is 1.23 bits per heavy atom. The average Bonchev–Trinajstić information content (AvgIpc) is 3.07. The summed E-state index contributed by atoms with van der Waals surface area (Å²) in [7, 11) is 1.98. The van der Waals surface area contributed by atoms with Gasteiger partial charge in [0.1, 0.15) is 0 Å². The number of carbonyl (C=O) groups excluding carboxylic acids is 2. The van der Waals surface area contributed by atoms with E-state index >= 15 is 0 Å². The van der Waals surface area contributed by atoms with Crippen LogP contribution >= 0.6 is 0 Å². The van der Waals surface area contributed by atoms with Crippen molar-refractivity contribution in [1.29, 1.82) is 0 Å². The molecule has 3 rings (SSSR count). The molecule has 2 aliphatic rings. The fourth-order valence-corrected chi connectivity index (χ4v) is 4.23. The molecule has 1 atom stereocenters. The van der Waals surface area contributed by atoms with Gasteiger partial charge >= 0.3 is 0 Å². The van der Waals surface area contributed by atoms with E-state index < -0.39 is 0 Å². The number of carbonyl (C=O) groups is 2. The number of benzene rings is 1. The quantitative estimate of drug-likeness (QED) is 0.851. The number of nitrogens with one attached hydrogen (secondary N) is 1. The van der Waals surface area contributed by atoms with Crippen molar-refractivity contribution in [2.45, 2.75) is 39.0 Å². The van der Waals surface area contributed by atoms with Crippen LogP contribution in [-0.4, -0.2) is 49.9 Å². The van der Waals surface area contributed by atoms with Crippen LogP contribution in [0.3, 0.4) is 0 Å². The lowest BCUT2D eigenvalue weighted by molar-refractivity contribution is -0.137. The second-order valence-electron chi connectivity index (χ2n) is 7.55. The Labute approximate surface area is 156 Å². The van der Waals surface area contributed by atoms with Crippen LogP contribution in [0.25, 0.3) is 0 Å². The van der Waals surface area contributed by atoms with Crippen molar-refractivity contribution in [3.63, 3.8) is 0 Å². The Hall–Kier alpha value is -1.88. The van der Waals surface area contributed by atoms with E-state index in [2.05, 4.69) is 18.3 Å². The van der Waals surface area contributed by atoms with Gasteiger partial charge in [0, 0.05) is 31.7 Å². The zero-order valence-corrected chi connectivity index (χ0v) is 16.0. The topological polar surface area (TPSA) is 52.7 Å². The SMILES string of the molecule is CCc1ccccc1N1CC(C(=O)N2CCC(CCNC)CC2)CC1=O. The first-order valence-corrected chi connectivity index (χ1v) is 9.95. The highest BCUT2D eigenvalue weighted by molar-refractivity contribution is 6.00. The number of hydrogen-bond donors (Lipinski definition) is 1. The summed E-state index contributed by atoms with van der Waals surface area (Å²) in [4.78, 5) is 29.3. The minimum Gasteiger partial charge on any atom is -0.342 e. The third-order valence-electron chi connectivity index (χ3n) is 5.87. The minimum absolute atomic E-state index is 0.0770. The van der Waals surface area contributed by atoms with Gasteiger partial charge in [0.25, 0.3) is 0 Å². The summed E-state index contributed by atoms with van der Waals surface area (Å²) in [6, 6.07) is 8.03. The van der Waals surface area contributed by atoms with E-state index in [1.807, 2.05) is 35.0 Å². The number of hydrogen-bond acceptors (Lipinski definition) is 3. The molecule has 2 heterocycles. The smallest absolute Gasteiger partial charge is 0.228 e. The number of aryl methyl sites for hydroxylation is 1. The lowest BCUT2D eigenvalue weighted by Crippen LogP contribution is -2.42.